The van der Waals surface area contributed by atoms with Gasteiger partial charge in [0, 0.05) is 0 Å². The number of aromatic nitrogens is 1. The SMILES string of the molecule is COc1ccc(OC)c([C@@H](C[Se]c2ccccn2)c2ccccc2)c1. The van der Waals surface area contributed by atoms with Gasteiger partial charge in [0.15, 0.2) is 0 Å². The molecule has 3 nitrogen and oxygen atoms in total. The van der Waals surface area contributed by atoms with Crippen molar-refractivity contribution in [3.05, 3.63) is 84.1 Å². The number of pyridine rings is 1. The fraction of sp³-hybridized carbons (Fsp3) is 0.190. The van der Waals surface area contributed by atoms with Gasteiger partial charge in [0.05, 0.1) is 0 Å². The van der Waals surface area contributed by atoms with Crippen molar-refractivity contribution in [3.8, 4) is 11.5 Å². The number of benzene rings is 2. The number of ether oxygens (including phenoxy) is 2. The van der Waals surface area contributed by atoms with Crippen LogP contribution in [0.2, 0.25) is 5.32 Å². The van der Waals surface area contributed by atoms with Crippen molar-refractivity contribution < 1.29 is 9.47 Å². The topological polar surface area (TPSA) is 31.4 Å². The van der Waals surface area contributed by atoms with E-state index in [1.165, 1.54) is 5.56 Å². The molecule has 1 atom stereocenters. The standard InChI is InChI=1S/C21H21NO2Se/c1-23-17-11-12-20(24-2)18(14-17)19(16-8-4-3-5-9-16)15-25-21-10-6-7-13-22-21/h3-14,19H,15H2,1-2H3/t19-/m0/s1. The van der Waals surface area contributed by atoms with Crippen LogP contribution in [0, 0.1) is 0 Å². The third kappa shape index (κ3) is 4.41. The predicted octanol–water partition coefficient (Wildman–Crippen LogP) is 3.68. The molecule has 0 aliphatic heterocycles. The molecule has 4 heteroatoms. The molecule has 3 rings (SSSR count). The second-order valence-corrected chi connectivity index (χ2v) is 7.73. The zero-order chi connectivity index (χ0) is 17.5. The Morgan fingerprint density at radius 2 is 1.72 bits per heavy atom. The van der Waals surface area contributed by atoms with Gasteiger partial charge >= 0.3 is 155 Å². The van der Waals surface area contributed by atoms with Crippen LogP contribution in [0.1, 0.15) is 17.0 Å². The van der Waals surface area contributed by atoms with Gasteiger partial charge in [-0.15, -0.1) is 0 Å². The van der Waals surface area contributed by atoms with Crippen LogP contribution in [0.15, 0.2) is 72.9 Å². The molecule has 2 aromatic carbocycles. The van der Waals surface area contributed by atoms with E-state index in [1.54, 1.807) is 14.2 Å². The summed E-state index contributed by atoms with van der Waals surface area (Å²) < 4.78 is 12.2. The minimum atomic E-state index is 0.244. The summed E-state index contributed by atoms with van der Waals surface area (Å²) >= 11 is 0.274. The molecular weight excluding hydrogens is 377 g/mol. The Morgan fingerprint density at radius 3 is 2.40 bits per heavy atom. The Kier molecular flexibility index (Phi) is 6.10. The normalized spacial score (nSPS) is 11.8. The quantitative estimate of drug-likeness (QED) is 0.569. The van der Waals surface area contributed by atoms with Gasteiger partial charge in [0.25, 0.3) is 0 Å². The Bertz CT molecular complexity index is 794. The van der Waals surface area contributed by atoms with Gasteiger partial charge in [-0.1, -0.05) is 0 Å². The molecular formula is C21H21NO2Se. The van der Waals surface area contributed by atoms with E-state index in [1.807, 2.05) is 36.5 Å². The van der Waals surface area contributed by atoms with Crippen molar-refractivity contribution in [2.45, 2.75) is 11.2 Å². The van der Waals surface area contributed by atoms with Crippen LogP contribution in [0.4, 0.5) is 0 Å². The predicted molar refractivity (Wildman–Crippen MR) is 102 cm³/mol. The van der Waals surface area contributed by atoms with Gasteiger partial charge in [0.1, 0.15) is 0 Å². The van der Waals surface area contributed by atoms with E-state index in [0.717, 1.165) is 27.0 Å². The van der Waals surface area contributed by atoms with Gasteiger partial charge in [-0.3, -0.25) is 0 Å². The van der Waals surface area contributed by atoms with Gasteiger partial charge < -0.3 is 0 Å². The molecule has 25 heavy (non-hydrogen) atoms. The molecule has 0 N–H and O–H groups in total. The summed E-state index contributed by atoms with van der Waals surface area (Å²) in [6.45, 7) is 0. The van der Waals surface area contributed by atoms with Crippen molar-refractivity contribution in [1.29, 1.82) is 0 Å². The van der Waals surface area contributed by atoms with E-state index in [4.69, 9.17) is 9.47 Å². The van der Waals surface area contributed by atoms with E-state index < -0.39 is 0 Å². The molecule has 0 saturated heterocycles. The molecule has 0 aliphatic carbocycles. The van der Waals surface area contributed by atoms with Crippen LogP contribution in [0.5, 0.6) is 11.5 Å². The molecule has 1 heterocycles. The van der Waals surface area contributed by atoms with E-state index in [2.05, 4.69) is 41.4 Å². The number of hydrogen-bond acceptors (Lipinski definition) is 3. The van der Waals surface area contributed by atoms with Gasteiger partial charge in [-0.05, 0) is 0 Å². The van der Waals surface area contributed by atoms with Gasteiger partial charge in [-0.25, -0.2) is 0 Å². The molecule has 0 fully saturated rings. The van der Waals surface area contributed by atoms with E-state index in [9.17, 15) is 0 Å². The molecule has 0 spiro atoms. The first kappa shape index (κ1) is 17.5. The van der Waals surface area contributed by atoms with Crippen LogP contribution in [0.25, 0.3) is 0 Å². The van der Waals surface area contributed by atoms with E-state index in [0.29, 0.717) is 0 Å². The molecule has 128 valence electrons. The van der Waals surface area contributed by atoms with Crippen molar-refractivity contribution in [2.75, 3.05) is 14.2 Å². The maximum absolute atomic E-state index is 5.64. The first-order valence-electron chi connectivity index (χ1n) is 8.12. The molecule has 3 aromatic rings. The molecule has 0 amide bonds. The molecule has 0 radical (unpaired) electrons. The number of methoxy groups -OCH3 is 2. The van der Waals surface area contributed by atoms with Gasteiger partial charge in [-0.2, -0.15) is 0 Å². The Hall–Kier alpha value is -2.29. The Labute approximate surface area is 155 Å². The average Bonchev–Trinajstić information content (AvgIpc) is 2.69. The molecule has 0 aliphatic rings. The van der Waals surface area contributed by atoms with E-state index >= 15 is 0 Å². The fourth-order valence-electron chi connectivity index (χ4n) is 2.76. The van der Waals surface area contributed by atoms with Crippen molar-refractivity contribution in [2.24, 2.45) is 0 Å². The average molecular weight is 398 g/mol. The zero-order valence-corrected chi connectivity index (χ0v) is 16.1. The number of nitrogens with zero attached hydrogens (tertiary/aromatic N) is 1. The monoisotopic (exact) mass is 399 g/mol. The van der Waals surface area contributed by atoms with Crippen LogP contribution in [-0.4, -0.2) is 34.2 Å². The summed E-state index contributed by atoms with van der Waals surface area (Å²) in [6, 6.07) is 22.7. The number of rotatable bonds is 7. The van der Waals surface area contributed by atoms with Crippen LogP contribution in [-0.2, 0) is 0 Å². The third-order valence-corrected chi connectivity index (χ3v) is 6.23. The van der Waals surface area contributed by atoms with Gasteiger partial charge in [0.2, 0.25) is 0 Å². The summed E-state index contributed by atoms with van der Waals surface area (Å²) in [4.78, 5) is 4.49. The Morgan fingerprint density at radius 1 is 0.920 bits per heavy atom. The summed E-state index contributed by atoms with van der Waals surface area (Å²) in [7, 11) is 3.41. The summed E-state index contributed by atoms with van der Waals surface area (Å²) in [5.41, 5.74) is 2.44. The van der Waals surface area contributed by atoms with Crippen LogP contribution >= 0.6 is 0 Å². The van der Waals surface area contributed by atoms with Crippen molar-refractivity contribution >= 4 is 19.5 Å². The minimum absolute atomic E-state index is 0.244. The van der Waals surface area contributed by atoms with E-state index in [-0.39, 0.29) is 20.9 Å². The second kappa shape index (κ2) is 8.70. The molecule has 0 bridgehead atoms. The van der Waals surface area contributed by atoms with Crippen molar-refractivity contribution in [3.63, 3.8) is 0 Å². The maximum atomic E-state index is 5.64. The van der Waals surface area contributed by atoms with Crippen molar-refractivity contribution in [1.82, 2.24) is 4.98 Å². The fourth-order valence-corrected chi connectivity index (χ4v) is 4.90. The molecule has 1 aromatic heterocycles. The summed E-state index contributed by atoms with van der Waals surface area (Å²) in [5.74, 6) is 1.99. The third-order valence-electron chi connectivity index (χ3n) is 4.05. The Balaban J connectivity index is 1.96. The first-order valence-corrected chi connectivity index (χ1v) is 10.2. The van der Waals surface area contributed by atoms with Crippen LogP contribution < -0.4 is 14.1 Å². The van der Waals surface area contributed by atoms with Crippen LogP contribution in [0.3, 0.4) is 0 Å². The second-order valence-electron chi connectivity index (χ2n) is 5.55. The summed E-state index contributed by atoms with van der Waals surface area (Å²) in [5, 5.41) is 1.01. The molecule has 0 saturated carbocycles. The summed E-state index contributed by atoms with van der Waals surface area (Å²) in [6.07, 6.45) is 1.86. The first-order chi connectivity index (χ1) is 12.3. The zero-order valence-electron chi connectivity index (χ0n) is 14.4. The number of hydrogen-bond donors (Lipinski definition) is 0. The molecule has 0 unspecified atom stereocenters.